The monoisotopic (exact) mass is 469 g/mol. The first-order valence-corrected chi connectivity index (χ1v) is 13.2. The Kier molecular flexibility index (Phi) is 6.54. The molecule has 0 amide bonds. The van der Waals surface area contributed by atoms with Crippen molar-refractivity contribution in [1.29, 1.82) is 0 Å². The van der Waals surface area contributed by atoms with Crippen LogP contribution in [0.5, 0.6) is 0 Å². The molecule has 1 aromatic carbocycles. The van der Waals surface area contributed by atoms with E-state index in [1.165, 1.54) is 46.2 Å². The fraction of sp³-hybridized carbons (Fsp3) is 0.467. The number of nitrogens with zero attached hydrogens (tertiary/aromatic N) is 4. The lowest BCUT2D eigenvalue weighted by molar-refractivity contribution is 0.367. The summed E-state index contributed by atoms with van der Waals surface area (Å²) in [6, 6.07) is 9.80. The fourth-order valence-electron chi connectivity index (χ4n) is 5.83. The molecule has 2 aromatic heterocycles. The van der Waals surface area contributed by atoms with Crippen molar-refractivity contribution >= 4 is 5.70 Å². The fourth-order valence-corrected chi connectivity index (χ4v) is 5.83. The van der Waals surface area contributed by atoms with Crippen LogP contribution in [0.2, 0.25) is 0 Å². The summed E-state index contributed by atoms with van der Waals surface area (Å²) >= 11 is 0. The van der Waals surface area contributed by atoms with E-state index in [4.69, 9.17) is 4.98 Å². The van der Waals surface area contributed by atoms with Gasteiger partial charge in [-0.25, -0.2) is 0 Å². The lowest BCUT2D eigenvalue weighted by Gasteiger charge is -2.35. The first-order chi connectivity index (χ1) is 16.9. The second-order valence-corrected chi connectivity index (χ2v) is 10.5. The molecule has 3 aromatic rings. The van der Waals surface area contributed by atoms with Gasteiger partial charge in [-0.05, 0) is 98.0 Å². The number of aryl methyl sites for hydroxylation is 3. The maximum Gasteiger partial charge on any atom is 0.0836 e. The minimum absolute atomic E-state index is 0.420. The van der Waals surface area contributed by atoms with Gasteiger partial charge in [-0.15, -0.1) is 0 Å². The molecule has 5 nitrogen and oxygen atoms in total. The van der Waals surface area contributed by atoms with Crippen LogP contribution in [0, 0.1) is 13.8 Å². The Balaban J connectivity index is 1.53. The van der Waals surface area contributed by atoms with Crippen LogP contribution in [-0.4, -0.2) is 32.8 Å². The van der Waals surface area contributed by atoms with E-state index in [9.17, 15) is 0 Å². The third kappa shape index (κ3) is 4.54. The summed E-state index contributed by atoms with van der Waals surface area (Å²) in [5.41, 5.74) is 12.7. The van der Waals surface area contributed by atoms with Gasteiger partial charge >= 0.3 is 0 Å². The number of fused-ring (bicyclic) bond motifs is 1. The molecule has 0 aliphatic carbocycles. The third-order valence-electron chi connectivity index (χ3n) is 8.09. The average Bonchev–Trinajstić information content (AvgIpc) is 3.51. The molecule has 2 atom stereocenters. The van der Waals surface area contributed by atoms with Crippen molar-refractivity contribution in [1.82, 2.24) is 25.0 Å². The summed E-state index contributed by atoms with van der Waals surface area (Å²) in [5, 5.41) is 8.31. The maximum absolute atomic E-state index is 4.80. The Labute approximate surface area is 210 Å². The van der Waals surface area contributed by atoms with Crippen molar-refractivity contribution in [2.75, 3.05) is 13.1 Å². The third-order valence-corrected chi connectivity index (χ3v) is 8.09. The number of benzene rings is 1. The Morgan fingerprint density at radius 3 is 2.71 bits per heavy atom. The van der Waals surface area contributed by atoms with Crippen molar-refractivity contribution in [3.05, 3.63) is 76.4 Å². The van der Waals surface area contributed by atoms with Crippen LogP contribution in [0.4, 0.5) is 0 Å². The highest BCUT2D eigenvalue weighted by Gasteiger charge is 2.27. The highest BCUT2D eigenvalue weighted by molar-refractivity contribution is 5.68. The summed E-state index contributed by atoms with van der Waals surface area (Å²) in [6.45, 7) is 16.2. The molecular weight excluding hydrogens is 430 g/mol. The summed E-state index contributed by atoms with van der Waals surface area (Å²) in [4.78, 5) is 7.23. The molecule has 0 spiro atoms. The van der Waals surface area contributed by atoms with Gasteiger partial charge in [-0.3, -0.25) is 9.67 Å². The van der Waals surface area contributed by atoms with Crippen LogP contribution in [-0.2, 0) is 20.0 Å². The maximum atomic E-state index is 4.80. The smallest absolute Gasteiger partial charge is 0.0836 e. The molecule has 1 N–H and O–H groups in total. The topological polar surface area (TPSA) is 46.0 Å². The lowest BCUT2D eigenvalue weighted by Crippen LogP contribution is -2.31. The van der Waals surface area contributed by atoms with Gasteiger partial charge in [0.25, 0.3) is 0 Å². The largest absolute Gasteiger partial charge is 0.366 e. The Morgan fingerprint density at radius 1 is 1.20 bits per heavy atom. The van der Waals surface area contributed by atoms with E-state index in [0.717, 1.165) is 55.3 Å². The standard InChI is InChI=1S/C30H39N5/c1-7-19(2)26-16-25(17-32-21(26)4)24-14-23-10-12-35(22(5)30-13-20(3)33-34(30)6)18-28(23)27(15-24)29-9-8-11-31-29/h13-17,19,29,31H,5,7-12,18H2,1-4,6H3. The highest BCUT2D eigenvalue weighted by atomic mass is 15.3. The zero-order valence-corrected chi connectivity index (χ0v) is 22.0. The average molecular weight is 470 g/mol. The van der Waals surface area contributed by atoms with E-state index in [0.29, 0.717) is 12.0 Å². The molecular formula is C30H39N5. The van der Waals surface area contributed by atoms with Crippen LogP contribution in [0.3, 0.4) is 0 Å². The molecule has 0 radical (unpaired) electrons. The predicted molar refractivity (Wildman–Crippen MR) is 144 cm³/mol. The summed E-state index contributed by atoms with van der Waals surface area (Å²) in [5.74, 6) is 0.520. The summed E-state index contributed by atoms with van der Waals surface area (Å²) in [6.07, 6.45) is 6.65. The Bertz CT molecular complexity index is 1250. The molecule has 2 aliphatic rings. The molecule has 2 unspecified atom stereocenters. The van der Waals surface area contributed by atoms with E-state index in [1.54, 1.807) is 0 Å². The first-order valence-electron chi connectivity index (χ1n) is 13.2. The quantitative estimate of drug-likeness (QED) is 0.476. The first kappa shape index (κ1) is 23.8. The normalized spacial score (nSPS) is 18.5. The van der Waals surface area contributed by atoms with E-state index in [2.05, 4.69) is 73.1 Å². The number of rotatable bonds is 6. The predicted octanol–water partition coefficient (Wildman–Crippen LogP) is 6.07. The van der Waals surface area contributed by atoms with Crippen molar-refractivity contribution in [2.45, 2.75) is 71.9 Å². The lowest BCUT2D eigenvalue weighted by atomic mass is 9.86. The molecule has 184 valence electrons. The number of hydrogen-bond donors (Lipinski definition) is 1. The van der Waals surface area contributed by atoms with Gasteiger partial charge in [0.05, 0.1) is 17.1 Å². The molecule has 5 rings (SSSR count). The summed E-state index contributed by atoms with van der Waals surface area (Å²) < 4.78 is 1.95. The molecule has 4 heterocycles. The van der Waals surface area contributed by atoms with Gasteiger partial charge in [0.1, 0.15) is 0 Å². The van der Waals surface area contributed by atoms with Crippen LogP contribution in [0.25, 0.3) is 16.8 Å². The van der Waals surface area contributed by atoms with Gasteiger partial charge in [-0.2, -0.15) is 5.10 Å². The van der Waals surface area contributed by atoms with Crippen molar-refractivity contribution in [2.24, 2.45) is 7.05 Å². The van der Waals surface area contributed by atoms with Crippen molar-refractivity contribution in [3.63, 3.8) is 0 Å². The molecule has 1 saturated heterocycles. The van der Waals surface area contributed by atoms with Crippen LogP contribution in [0.1, 0.15) is 84.4 Å². The molecule has 0 saturated carbocycles. The number of hydrogen-bond acceptors (Lipinski definition) is 4. The number of pyridine rings is 1. The van der Waals surface area contributed by atoms with E-state index in [-0.39, 0.29) is 0 Å². The zero-order valence-electron chi connectivity index (χ0n) is 22.0. The zero-order chi connectivity index (χ0) is 24.7. The van der Waals surface area contributed by atoms with Gasteiger partial charge in [0.15, 0.2) is 0 Å². The Hall–Kier alpha value is -2.92. The van der Waals surface area contributed by atoms with Crippen molar-refractivity contribution < 1.29 is 0 Å². The molecule has 1 fully saturated rings. The SMILES string of the molecule is C=C(c1cc(C)nn1C)N1CCc2cc(-c3cnc(C)c(C(C)CC)c3)cc(C3CCCN3)c2C1. The van der Waals surface area contributed by atoms with E-state index < -0.39 is 0 Å². The molecule has 0 bridgehead atoms. The van der Waals surface area contributed by atoms with Gasteiger partial charge in [0, 0.05) is 43.6 Å². The van der Waals surface area contributed by atoms with Crippen LogP contribution in [0.15, 0.2) is 37.0 Å². The van der Waals surface area contributed by atoms with Gasteiger partial charge in [-0.1, -0.05) is 26.5 Å². The molecule has 5 heteroatoms. The number of aromatic nitrogens is 3. The van der Waals surface area contributed by atoms with E-state index >= 15 is 0 Å². The second-order valence-electron chi connectivity index (χ2n) is 10.5. The second kappa shape index (κ2) is 9.62. The van der Waals surface area contributed by atoms with E-state index in [1.807, 2.05) is 18.7 Å². The summed E-state index contributed by atoms with van der Waals surface area (Å²) in [7, 11) is 2.01. The molecule has 2 aliphatic heterocycles. The number of nitrogens with one attached hydrogen (secondary N) is 1. The minimum Gasteiger partial charge on any atom is -0.366 e. The highest BCUT2D eigenvalue weighted by Crippen LogP contribution is 2.38. The minimum atomic E-state index is 0.420. The van der Waals surface area contributed by atoms with Crippen LogP contribution < -0.4 is 5.32 Å². The van der Waals surface area contributed by atoms with Crippen molar-refractivity contribution in [3.8, 4) is 11.1 Å². The van der Waals surface area contributed by atoms with Crippen LogP contribution >= 0.6 is 0 Å². The molecule has 35 heavy (non-hydrogen) atoms. The van der Waals surface area contributed by atoms with Gasteiger partial charge < -0.3 is 10.2 Å². The van der Waals surface area contributed by atoms with Gasteiger partial charge in [0.2, 0.25) is 0 Å². The Morgan fingerprint density at radius 2 is 2.03 bits per heavy atom.